The van der Waals surface area contributed by atoms with Crippen LogP contribution < -0.4 is 5.32 Å². The number of nitrogens with one attached hydrogen (secondary N) is 1. The summed E-state index contributed by atoms with van der Waals surface area (Å²) >= 11 is 5.82. The number of anilines is 1. The minimum absolute atomic E-state index is 0.0248. The molecule has 0 saturated heterocycles. The molecule has 0 spiro atoms. The van der Waals surface area contributed by atoms with Crippen LogP contribution in [0.2, 0.25) is 5.02 Å². The largest absolute Gasteiger partial charge is 0.322 e. The molecule has 6 nitrogen and oxygen atoms in total. The first-order chi connectivity index (χ1) is 12.9. The molecule has 3 rings (SSSR count). The summed E-state index contributed by atoms with van der Waals surface area (Å²) in [4.78, 5) is 12.2. The fourth-order valence-corrected chi connectivity index (χ4v) is 3.18. The minimum atomic E-state index is -3.38. The van der Waals surface area contributed by atoms with Gasteiger partial charge < -0.3 is 5.32 Å². The van der Waals surface area contributed by atoms with Crippen LogP contribution in [-0.2, 0) is 9.84 Å². The molecule has 27 heavy (non-hydrogen) atoms. The fourth-order valence-electron chi connectivity index (χ4n) is 2.32. The third-order valence-electron chi connectivity index (χ3n) is 3.88. The summed E-state index contributed by atoms with van der Waals surface area (Å²) in [5.74, 6) is -0.267. The normalized spacial score (nSPS) is 11.2. The number of rotatable bonds is 5. The van der Waals surface area contributed by atoms with Crippen molar-refractivity contribution in [2.45, 2.75) is 11.9 Å². The molecule has 0 fully saturated rings. The summed E-state index contributed by atoms with van der Waals surface area (Å²) in [6.07, 6.45) is 0. The maximum atomic E-state index is 12.2. The molecule has 0 saturated carbocycles. The van der Waals surface area contributed by atoms with Gasteiger partial charge in [0.15, 0.2) is 14.9 Å². The summed E-state index contributed by atoms with van der Waals surface area (Å²) in [5, 5.41) is 11.1. The molecule has 3 aromatic rings. The van der Waals surface area contributed by atoms with Gasteiger partial charge in [0, 0.05) is 21.8 Å². The Bertz CT molecular complexity index is 1050. The van der Waals surface area contributed by atoms with Gasteiger partial charge in [-0.25, -0.2) is 8.42 Å². The molecular weight excluding hydrogens is 386 g/mol. The van der Waals surface area contributed by atoms with E-state index in [1.807, 2.05) is 0 Å². The zero-order valence-corrected chi connectivity index (χ0v) is 16.0. The second kappa shape index (κ2) is 7.85. The van der Waals surface area contributed by atoms with Gasteiger partial charge in [0.2, 0.25) is 0 Å². The second-order valence-electron chi connectivity index (χ2n) is 5.70. The summed E-state index contributed by atoms with van der Waals surface area (Å²) in [6.45, 7) is 1.56. The molecule has 138 valence electrons. The maximum Gasteiger partial charge on any atom is 0.255 e. The molecule has 0 aliphatic rings. The highest BCUT2D eigenvalue weighted by Gasteiger charge is 2.14. The number of benzene rings is 2. The Hall–Kier alpha value is -2.77. The van der Waals surface area contributed by atoms with E-state index < -0.39 is 9.84 Å². The van der Waals surface area contributed by atoms with E-state index in [-0.39, 0.29) is 16.7 Å². The van der Waals surface area contributed by atoms with Crippen molar-refractivity contribution < 1.29 is 13.2 Å². The van der Waals surface area contributed by atoms with Crippen LogP contribution in [0.4, 0.5) is 5.69 Å². The number of hydrogen-bond donors (Lipinski definition) is 1. The van der Waals surface area contributed by atoms with Crippen molar-refractivity contribution in [1.82, 2.24) is 10.2 Å². The van der Waals surface area contributed by atoms with E-state index >= 15 is 0 Å². The molecule has 2 aromatic carbocycles. The summed E-state index contributed by atoms with van der Waals surface area (Å²) in [6, 6.07) is 16.7. The highest BCUT2D eigenvalue weighted by molar-refractivity contribution is 7.91. The fraction of sp³-hybridized carbons (Fsp3) is 0.105. The Kier molecular flexibility index (Phi) is 5.53. The number of nitrogens with zero attached hydrogens (tertiary/aromatic N) is 2. The van der Waals surface area contributed by atoms with E-state index in [9.17, 15) is 13.2 Å². The van der Waals surface area contributed by atoms with Gasteiger partial charge in [-0.3, -0.25) is 4.79 Å². The molecule has 0 atom stereocenters. The summed E-state index contributed by atoms with van der Waals surface area (Å²) in [7, 11) is -3.38. The first kappa shape index (κ1) is 19.0. The van der Waals surface area contributed by atoms with Crippen LogP contribution in [0, 0.1) is 0 Å². The van der Waals surface area contributed by atoms with E-state index in [0.717, 1.165) is 5.56 Å². The molecule has 0 aliphatic carbocycles. The van der Waals surface area contributed by atoms with E-state index in [2.05, 4.69) is 15.5 Å². The number of sulfone groups is 1. The predicted octanol–water partition coefficient (Wildman–Crippen LogP) is 3.84. The SMILES string of the molecule is CCS(=O)(=O)c1ccc(-c2ccc(NC(=O)c3ccc(Cl)cc3)cc2)nn1. The Labute approximate surface area is 162 Å². The third kappa shape index (κ3) is 4.50. The lowest BCUT2D eigenvalue weighted by Crippen LogP contribution is -2.11. The summed E-state index contributed by atoms with van der Waals surface area (Å²) < 4.78 is 23.6. The van der Waals surface area contributed by atoms with Gasteiger partial charge in [0.1, 0.15) is 0 Å². The van der Waals surface area contributed by atoms with Crippen molar-refractivity contribution in [3.05, 3.63) is 71.2 Å². The average molecular weight is 402 g/mol. The van der Waals surface area contributed by atoms with Crippen LogP contribution in [-0.4, -0.2) is 30.3 Å². The van der Waals surface area contributed by atoms with Crippen LogP contribution in [0.3, 0.4) is 0 Å². The van der Waals surface area contributed by atoms with Crippen molar-refractivity contribution in [3.8, 4) is 11.3 Å². The van der Waals surface area contributed by atoms with Crippen LogP contribution in [0.5, 0.6) is 0 Å². The van der Waals surface area contributed by atoms with Gasteiger partial charge in [-0.05, 0) is 48.5 Å². The number of aromatic nitrogens is 2. The topological polar surface area (TPSA) is 89.0 Å². The molecule has 1 N–H and O–H groups in total. The van der Waals surface area contributed by atoms with E-state index in [0.29, 0.717) is 22.0 Å². The molecule has 1 heterocycles. The van der Waals surface area contributed by atoms with Crippen LogP contribution >= 0.6 is 11.6 Å². The lowest BCUT2D eigenvalue weighted by Gasteiger charge is -2.07. The van der Waals surface area contributed by atoms with Crippen LogP contribution in [0.25, 0.3) is 11.3 Å². The lowest BCUT2D eigenvalue weighted by molar-refractivity contribution is 0.102. The highest BCUT2D eigenvalue weighted by atomic mass is 35.5. The first-order valence-electron chi connectivity index (χ1n) is 8.13. The van der Waals surface area contributed by atoms with Crippen LogP contribution in [0.15, 0.2) is 65.7 Å². The van der Waals surface area contributed by atoms with Crippen molar-refractivity contribution in [2.24, 2.45) is 0 Å². The molecule has 0 unspecified atom stereocenters. The van der Waals surface area contributed by atoms with Crippen LogP contribution in [0.1, 0.15) is 17.3 Å². The number of carbonyl (C=O) groups excluding carboxylic acids is 1. The first-order valence-corrected chi connectivity index (χ1v) is 10.2. The Morgan fingerprint density at radius 2 is 1.63 bits per heavy atom. The van der Waals surface area contributed by atoms with Crippen molar-refractivity contribution >= 4 is 33.0 Å². The molecule has 0 bridgehead atoms. The Morgan fingerprint density at radius 3 is 2.19 bits per heavy atom. The molecule has 1 aromatic heterocycles. The molecular formula is C19H16ClN3O3S. The number of halogens is 1. The maximum absolute atomic E-state index is 12.2. The standard InChI is InChI=1S/C19H16ClN3O3S/c1-2-27(25,26)18-12-11-17(22-23-18)13-5-9-16(10-6-13)21-19(24)14-3-7-15(20)8-4-14/h3-12H,2H2,1H3,(H,21,24). The average Bonchev–Trinajstić information content (AvgIpc) is 2.69. The van der Waals surface area contributed by atoms with Crippen molar-refractivity contribution in [2.75, 3.05) is 11.1 Å². The van der Waals surface area contributed by atoms with Crippen molar-refractivity contribution in [1.29, 1.82) is 0 Å². The zero-order valence-electron chi connectivity index (χ0n) is 14.4. The molecule has 1 amide bonds. The van der Waals surface area contributed by atoms with Gasteiger partial charge in [-0.2, -0.15) is 0 Å². The smallest absolute Gasteiger partial charge is 0.255 e. The molecule has 8 heteroatoms. The van der Waals surface area contributed by atoms with Gasteiger partial charge in [0.05, 0.1) is 11.4 Å². The summed E-state index contributed by atoms with van der Waals surface area (Å²) in [5.41, 5.74) is 2.42. The minimum Gasteiger partial charge on any atom is -0.322 e. The zero-order chi connectivity index (χ0) is 19.4. The van der Waals surface area contributed by atoms with E-state index in [1.54, 1.807) is 61.5 Å². The predicted molar refractivity (Wildman–Crippen MR) is 105 cm³/mol. The second-order valence-corrected chi connectivity index (χ2v) is 8.36. The quantitative estimate of drug-likeness (QED) is 0.701. The van der Waals surface area contributed by atoms with Gasteiger partial charge in [-0.1, -0.05) is 30.7 Å². The van der Waals surface area contributed by atoms with E-state index in [1.165, 1.54) is 6.07 Å². The van der Waals surface area contributed by atoms with E-state index in [4.69, 9.17) is 11.6 Å². The Balaban J connectivity index is 1.73. The highest BCUT2D eigenvalue weighted by Crippen LogP contribution is 2.20. The number of carbonyl (C=O) groups is 1. The van der Waals surface area contributed by atoms with Crippen molar-refractivity contribution in [3.63, 3.8) is 0 Å². The monoisotopic (exact) mass is 401 g/mol. The Morgan fingerprint density at radius 1 is 0.963 bits per heavy atom. The number of amides is 1. The number of hydrogen-bond acceptors (Lipinski definition) is 5. The van der Waals surface area contributed by atoms with Gasteiger partial charge in [-0.15, -0.1) is 10.2 Å². The molecule has 0 aliphatic heterocycles. The van der Waals surface area contributed by atoms with Gasteiger partial charge >= 0.3 is 0 Å². The third-order valence-corrected chi connectivity index (χ3v) is 5.75. The molecule has 0 radical (unpaired) electrons. The lowest BCUT2D eigenvalue weighted by atomic mass is 10.1. The van der Waals surface area contributed by atoms with Gasteiger partial charge in [0.25, 0.3) is 5.91 Å².